The van der Waals surface area contributed by atoms with E-state index >= 15 is 0 Å². The molecule has 0 aromatic heterocycles. The average Bonchev–Trinajstić information content (AvgIpc) is 3.24. The van der Waals surface area contributed by atoms with Crippen molar-refractivity contribution in [3.63, 3.8) is 0 Å². The first-order chi connectivity index (χ1) is 14.0. The van der Waals surface area contributed by atoms with Crippen LogP contribution in [0.25, 0.3) is 0 Å². The SMILES string of the molecule is CC(C)C(NC(=O)C1CCCCC1)C(=O)Nc1cccc(OCC2CCCO2)c1. The third kappa shape index (κ3) is 6.46. The molecular formula is C23H34N2O4. The van der Waals surface area contributed by atoms with Crippen LogP contribution < -0.4 is 15.4 Å². The fourth-order valence-corrected chi connectivity index (χ4v) is 4.02. The molecule has 2 N–H and O–H groups in total. The lowest BCUT2D eigenvalue weighted by Gasteiger charge is -2.26. The number of benzene rings is 1. The molecule has 1 aliphatic carbocycles. The summed E-state index contributed by atoms with van der Waals surface area (Å²) in [5.41, 5.74) is 0.664. The van der Waals surface area contributed by atoms with E-state index in [1.165, 1.54) is 6.42 Å². The molecule has 1 aliphatic heterocycles. The van der Waals surface area contributed by atoms with Crippen LogP contribution in [0.4, 0.5) is 5.69 Å². The summed E-state index contributed by atoms with van der Waals surface area (Å²) in [5, 5.41) is 5.92. The molecule has 2 amide bonds. The van der Waals surface area contributed by atoms with Crippen LogP contribution >= 0.6 is 0 Å². The third-order valence-corrected chi connectivity index (χ3v) is 5.78. The monoisotopic (exact) mass is 402 g/mol. The Morgan fingerprint density at radius 3 is 2.62 bits per heavy atom. The smallest absolute Gasteiger partial charge is 0.247 e. The standard InChI is InChI=1S/C23H34N2O4/c1-16(2)21(25-22(26)17-8-4-3-5-9-17)23(27)24-18-10-6-11-19(14-18)29-15-20-12-7-13-28-20/h6,10-11,14,16-17,20-21H,3-5,7-9,12-13,15H2,1-2H3,(H,24,27)(H,25,26). The molecule has 1 saturated carbocycles. The van der Waals surface area contributed by atoms with Crippen LogP contribution in [-0.4, -0.2) is 37.2 Å². The number of amides is 2. The minimum absolute atomic E-state index is 0.00138. The van der Waals surface area contributed by atoms with Gasteiger partial charge < -0.3 is 20.1 Å². The van der Waals surface area contributed by atoms with Gasteiger partial charge in [-0.05, 0) is 43.7 Å². The summed E-state index contributed by atoms with van der Waals surface area (Å²) in [5.74, 6) is 0.548. The quantitative estimate of drug-likeness (QED) is 0.691. The zero-order valence-corrected chi connectivity index (χ0v) is 17.6. The zero-order valence-electron chi connectivity index (χ0n) is 17.6. The second-order valence-electron chi connectivity index (χ2n) is 8.53. The first-order valence-corrected chi connectivity index (χ1v) is 11.0. The van der Waals surface area contributed by atoms with E-state index in [2.05, 4.69) is 10.6 Å². The second-order valence-corrected chi connectivity index (χ2v) is 8.53. The molecular weight excluding hydrogens is 368 g/mol. The van der Waals surface area contributed by atoms with E-state index in [0.717, 1.165) is 45.1 Å². The Morgan fingerprint density at radius 2 is 1.93 bits per heavy atom. The lowest BCUT2D eigenvalue weighted by atomic mass is 9.88. The summed E-state index contributed by atoms with van der Waals surface area (Å²) in [7, 11) is 0. The third-order valence-electron chi connectivity index (χ3n) is 5.78. The van der Waals surface area contributed by atoms with E-state index in [4.69, 9.17) is 9.47 Å². The van der Waals surface area contributed by atoms with Crippen molar-refractivity contribution in [2.24, 2.45) is 11.8 Å². The van der Waals surface area contributed by atoms with Crippen LogP contribution in [0.3, 0.4) is 0 Å². The molecule has 6 nitrogen and oxygen atoms in total. The van der Waals surface area contributed by atoms with Crippen molar-refractivity contribution in [1.82, 2.24) is 5.32 Å². The Hall–Kier alpha value is -2.08. The maximum absolute atomic E-state index is 12.9. The topological polar surface area (TPSA) is 76.7 Å². The van der Waals surface area contributed by atoms with Gasteiger partial charge in [-0.3, -0.25) is 9.59 Å². The summed E-state index contributed by atoms with van der Waals surface area (Å²) in [6.45, 7) is 5.22. The predicted molar refractivity (Wildman–Crippen MR) is 113 cm³/mol. The fraction of sp³-hybridized carbons (Fsp3) is 0.652. The zero-order chi connectivity index (χ0) is 20.6. The van der Waals surface area contributed by atoms with Crippen molar-refractivity contribution >= 4 is 17.5 Å². The van der Waals surface area contributed by atoms with Crippen LogP contribution in [0.5, 0.6) is 5.75 Å². The molecule has 6 heteroatoms. The number of carbonyl (C=O) groups is 2. The van der Waals surface area contributed by atoms with E-state index in [1.807, 2.05) is 38.1 Å². The number of carbonyl (C=O) groups excluding carboxylic acids is 2. The minimum atomic E-state index is -0.555. The van der Waals surface area contributed by atoms with Crippen molar-refractivity contribution in [2.45, 2.75) is 70.9 Å². The van der Waals surface area contributed by atoms with Crippen molar-refractivity contribution < 1.29 is 19.1 Å². The molecule has 1 saturated heterocycles. The van der Waals surface area contributed by atoms with Crippen LogP contribution in [0.1, 0.15) is 58.8 Å². The summed E-state index contributed by atoms with van der Waals surface area (Å²) < 4.78 is 11.4. The van der Waals surface area contributed by atoms with Gasteiger partial charge in [0.15, 0.2) is 0 Å². The fourth-order valence-electron chi connectivity index (χ4n) is 4.02. The Morgan fingerprint density at radius 1 is 1.14 bits per heavy atom. The Labute approximate surface area is 173 Å². The molecule has 0 bridgehead atoms. The molecule has 1 heterocycles. The Kier molecular flexibility index (Phi) is 7.92. The summed E-state index contributed by atoms with van der Waals surface area (Å²) in [6.07, 6.45) is 7.47. The van der Waals surface area contributed by atoms with Crippen LogP contribution in [0, 0.1) is 11.8 Å². The summed E-state index contributed by atoms with van der Waals surface area (Å²) in [4.78, 5) is 25.5. The number of hydrogen-bond donors (Lipinski definition) is 2. The van der Waals surface area contributed by atoms with Gasteiger partial charge in [-0.1, -0.05) is 39.2 Å². The summed E-state index contributed by atoms with van der Waals surface area (Å²) in [6, 6.07) is 6.81. The Balaban J connectivity index is 1.55. The molecule has 2 atom stereocenters. The molecule has 2 aliphatic rings. The van der Waals surface area contributed by atoms with Crippen LogP contribution in [0.2, 0.25) is 0 Å². The van der Waals surface area contributed by atoms with Gasteiger partial charge in [0.25, 0.3) is 0 Å². The van der Waals surface area contributed by atoms with Crippen molar-refractivity contribution in [2.75, 3.05) is 18.5 Å². The Bertz CT molecular complexity index is 679. The van der Waals surface area contributed by atoms with Gasteiger partial charge in [0.05, 0.1) is 6.10 Å². The number of nitrogens with one attached hydrogen (secondary N) is 2. The minimum Gasteiger partial charge on any atom is -0.491 e. The van der Waals surface area contributed by atoms with E-state index < -0.39 is 6.04 Å². The molecule has 1 aromatic carbocycles. The van der Waals surface area contributed by atoms with Gasteiger partial charge in [-0.15, -0.1) is 0 Å². The van der Waals surface area contributed by atoms with Crippen LogP contribution in [0.15, 0.2) is 24.3 Å². The van der Waals surface area contributed by atoms with Crippen molar-refractivity contribution in [3.8, 4) is 5.75 Å². The molecule has 29 heavy (non-hydrogen) atoms. The van der Waals surface area contributed by atoms with Gasteiger partial charge in [0.2, 0.25) is 11.8 Å². The maximum Gasteiger partial charge on any atom is 0.247 e. The molecule has 160 valence electrons. The van der Waals surface area contributed by atoms with Crippen LogP contribution in [-0.2, 0) is 14.3 Å². The first kappa shape index (κ1) is 21.6. The molecule has 1 aromatic rings. The number of hydrogen-bond acceptors (Lipinski definition) is 4. The van der Waals surface area contributed by atoms with Crippen molar-refractivity contribution in [1.29, 1.82) is 0 Å². The van der Waals surface area contributed by atoms with E-state index in [0.29, 0.717) is 18.0 Å². The van der Waals surface area contributed by atoms with Gasteiger partial charge in [-0.2, -0.15) is 0 Å². The predicted octanol–water partition coefficient (Wildman–Crippen LogP) is 3.90. The highest BCUT2D eigenvalue weighted by Crippen LogP contribution is 2.24. The first-order valence-electron chi connectivity index (χ1n) is 11.0. The molecule has 0 radical (unpaired) electrons. The van der Waals surface area contributed by atoms with E-state index in [1.54, 1.807) is 0 Å². The number of anilines is 1. The van der Waals surface area contributed by atoms with Gasteiger partial charge >= 0.3 is 0 Å². The second kappa shape index (κ2) is 10.6. The molecule has 2 fully saturated rings. The van der Waals surface area contributed by atoms with Gasteiger partial charge in [0, 0.05) is 24.3 Å². The molecule has 0 spiro atoms. The molecule has 3 rings (SSSR count). The average molecular weight is 403 g/mol. The molecule has 2 unspecified atom stereocenters. The highest BCUT2D eigenvalue weighted by atomic mass is 16.5. The maximum atomic E-state index is 12.9. The lowest BCUT2D eigenvalue weighted by molar-refractivity contribution is -0.130. The number of ether oxygens (including phenoxy) is 2. The van der Waals surface area contributed by atoms with E-state index in [-0.39, 0.29) is 29.8 Å². The highest BCUT2D eigenvalue weighted by Gasteiger charge is 2.28. The summed E-state index contributed by atoms with van der Waals surface area (Å²) >= 11 is 0. The van der Waals surface area contributed by atoms with Gasteiger partial charge in [0.1, 0.15) is 18.4 Å². The largest absolute Gasteiger partial charge is 0.491 e. The van der Waals surface area contributed by atoms with Gasteiger partial charge in [-0.25, -0.2) is 0 Å². The van der Waals surface area contributed by atoms with Crippen molar-refractivity contribution in [3.05, 3.63) is 24.3 Å². The highest BCUT2D eigenvalue weighted by molar-refractivity contribution is 5.97. The number of rotatable bonds is 8. The normalized spacial score (nSPS) is 21.0. The lowest BCUT2D eigenvalue weighted by Crippen LogP contribution is -2.49. The van der Waals surface area contributed by atoms with E-state index in [9.17, 15) is 9.59 Å².